The molecular weight excluding hydrogens is 436 g/mol. The van der Waals surface area contributed by atoms with E-state index < -0.39 is 46.6 Å². The molecule has 8 nitrogen and oxygen atoms in total. The van der Waals surface area contributed by atoms with Gasteiger partial charge in [-0.15, -0.1) is 0 Å². The Labute approximate surface area is 188 Å². The number of benzene rings is 2. The van der Waals surface area contributed by atoms with Crippen LogP contribution in [0.25, 0.3) is 0 Å². The predicted octanol–water partition coefficient (Wildman–Crippen LogP) is 2.52. The zero-order valence-corrected chi connectivity index (χ0v) is 19.0. The first-order valence-electron chi connectivity index (χ1n) is 10.5. The van der Waals surface area contributed by atoms with Gasteiger partial charge in [-0.1, -0.05) is 48.0 Å². The van der Waals surface area contributed by atoms with Gasteiger partial charge < -0.3 is 24.1 Å². The molecule has 0 aromatic heterocycles. The van der Waals surface area contributed by atoms with E-state index in [1.165, 1.54) is 12.1 Å². The van der Waals surface area contributed by atoms with E-state index in [9.17, 15) is 13.5 Å². The maximum atomic E-state index is 13.0. The van der Waals surface area contributed by atoms with Gasteiger partial charge in [-0.25, -0.2) is 0 Å². The molecule has 2 heterocycles. The number of ether oxygens (including phenoxy) is 4. The summed E-state index contributed by atoms with van der Waals surface area (Å²) in [6.45, 7) is 5.43. The van der Waals surface area contributed by atoms with Crippen molar-refractivity contribution in [3.63, 3.8) is 0 Å². The molecule has 9 heteroatoms. The van der Waals surface area contributed by atoms with E-state index >= 15 is 0 Å². The second kappa shape index (κ2) is 9.18. The third kappa shape index (κ3) is 5.20. The van der Waals surface area contributed by atoms with E-state index in [2.05, 4.69) is 0 Å². The molecule has 2 fully saturated rings. The molecule has 0 unspecified atom stereocenters. The van der Waals surface area contributed by atoms with Crippen LogP contribution in [0.4, 0.5) is 0 Å². The van der Waals surface area contributed by atoms with Crippen molar-refractivity contribution in [2.24, 2.45) is 0 Å². The summed E-state index contributed by atoms with van der Waals surface area (Å²) in [5.41, 5.74) is 1.82. The van der Waals surface area contributed by atoms with Gasteiger partial charge >= 0.3 is 0 Å². The van der Waals surface area contributed by atoms with Crippen LogP contribution in [0, 0.1) is 6.92 Å². The summed E-state index contributed by atoms with van der Waals surface area (Å²) in [7, 11) is -4.20. The van der Waals surface area contributed by atoms with E-state index in [1.54, 1.807) is 26.0 Å². The molecule has 0 spiro atoms. The second-order valence-corrected chi connectivity index (χ2v) is 10.0. The Morgan fingerprint density at radius 3 is 2.44 bits per heavy atom. The Balaban J connectivity index is 1.58. The Kier molecular flexibility index (Phi) is 6.69. The number of fused-ring (bicyclic) bond motifs is 1. The molecule has 174 valence electrons. The zero-order valence-electron chi connectivity index (χ0n) is 18.2. The highest BCUT2D eigenvalue weighted by Gasteiger charge is 2.54. The normalized spacial score (nSPS) is 29.9. The van der Waals surface area contributed by atoms with Crippen LogP contribution in [0.1, 0.15) is 25.0 Å². The van der Waals surface area contributed by atoms with Gasteiger partial charge in [0.25, 0.3) is 10.1 Å². The quantitative estimate of drug-likeness (QED) is 0.651. The van der Waals surface area contributed by atoms with Gasteiger partial charge in [0.05, 0.1) is 18.1 Å². The smallest absolute Gasteiger partial charge is 0.297 e. The molecule has 2 aliphatic heterocycles. The molecule has 0 amide bonds. The van der Waals surface area contributed by atoms with Crippen LogP contribution in [-0.2, 0) is 39.9 Å². The fourth-order valence-corrected chi connectivity index (χ4v) is 4.84. The van der Waals surface area contributed by atoms with Crippen molar-refractivity contribution in [3.8, 4) is 0 Å². The SMILES string of the molecule is Cc1ccc(S(=O)(=O)O[C@H]2[C@H](O)[C@H](OCc3ccccc3)CO[C@@H]3OC(C)(C)O[C@@H]32)cc1. The summed E-state index contributed by atoms with van der Waals surface area (Å²) in [5.74, 6) is -1.03. The maximum absolute atomic E-state index is 13.0. The molecule has 0 aliphatic carbocycles. The lowest BCUT2D eigenvalue weighted by Crippen LogP contribution is -2.49. The molecule has 32 heavy (non-hydrogen) atoms. The monoisotopic (exact) mass is 464 g/mol. The van der Waals surface area contributed by atoms with Crippen molar-refractivity contribution < 1.29 is 36.7 Å². The van der Waals surface area contributed by atoms with Crippen molar-refractivity contribution in [2.45, 2.75) is 68.8 Å². The average Bonchev–Trinajstić information content (AvgIpc) is 3.01. The van der Waals surface area contributed by atoms with Gasteiger partial charge in [-0.2, -0.15) is 8.42 Å². The Morgan fingerprint density at radius 2 is 1.75 bits per heavy atom. The summed E-state index contributed by atoms with van der Waals surface area (Å²) in [6.07, 6.45) is -5.37. The van der Waals surface area contributed by atoms with Crippen LogP contribution in [-0.4, -0.2) is 56.6 Å². The van der Waals surface area contributed by atoms with Crippen molar-refractivity contribution in [1.82, 2.24) is 0 Å². The minimum atomic E-state index is -4.20. The lowest BCUT2D eigenvalue weighted by Gasteiger charge is -2.30. The Hall–Kier alpha value is -1.85. The average molecular weight is 465 g/mol. The molecular formula is C23H28O8S. The van der Waals surface area contributed by atoms with Crippen LogP contribution >= 0.6 is 0 Å². The van der Waals surface area contributed by atoms with E-state index in [1.807, 2.05) is 37.3 Å². The highest BCUT2D eigenvalue weighted by molar-refractivity contribution is 7.86. The maximum Gasteiger partial charge on any atom is 0.297 e. The van der Waals surface area contributed by atoms with E-state index in [-0.39, 0.29) is 18.1 Å². The number of aryl methyl sites for hydroxylation is 1. The van der Waals surface area contributed by atoms with Crippen LogP contribution < -0.4 is 0 Å². The van der Waals surface area contributed by atoms with Crippen molar-refractivity contribution >= 4 is 10.1 Å². The molecule has 0 radical (unpaired) electrons. The minimum Gasteiger partial charge on any atom is -0.387 e. The summed E-state index contributed by atoms with van der Waals surface area (Å²) < 4.78 is 54.9. The summed E-state index contributed by atoms with van der Waals surface area (Å²) in [6, 6.07) is 15.7. The topological polar surface area (TPSA) is 101 Å². The molecule has 2 aromatic carbocycles. The molecule has 2 aliphatic rings. The van der Waals surface area contributed by atoms with E-state index in [0.717, 1.165) is 11.1 Å². The van der Waals surface area contributed by atoms with E-state index in [4.69, 9.17) is 23.1 Å². The van der Waals surface area contributed by atoms with Gasteiger partial charge in [-0.3, -0.25) is 4.18 Å². The molecule has 2 saturated heterocycles. The van der Waals surface area contributed by atoms with Crippen molar-refractivity contribution in [2.75, 3.05) is 6.61 Å². The van der Waals surface area contributed by atoms with Crippen molar-refractivity contribution in [3.05, 3.63) is 65.7 Å². The third-order valence-corrected chi connectivity index (χ3v) is 6.73. The minimum absolute atomic E-state index is 0.0148. The second-order valence-electron chi connectivity index (χ2n) is 8.46. The van der Waals surface area contributed by atoms with Gasteiger partial charge in [0.2, 0.25) is 0 Å². The third-order valence-electron chi connectivity index (χ3n) is 5.41. The first-order chi connectivity index (χ1) is 15.1. The molecule has 0 bridgehead atoms. The summed E-state index contributed by atoms with van der Waals surface area (Å²) >= 11 is 0. The highest BCUT2D eigenvalue weighted by Crippen LogP contribution is 2.37. The van der Waals surface area contributed by atoms with Gasteiger partial charge in [0.15, 0.2) is 12.1 Å². The molecule has 0 saturated carbocycles. The predicted molar refractivity (Wildman–Crippen MR) is 114 cm³/mol. The van der Waals surface area contributed by atoms with Gasteiger partial charge in [-0.05, 0) is 38.5 Å². The zero-order chi connectivity index (χ0) is 22.9. The molecule has 2 aromatic rings. The fraction of sp³-hybridized carbons (Fsp3) is 0.478. The number of rotatable bonds is 6. The Morgan fingerprint density at radius 1 is 1.06 bits per heavy atom. The first-order valence-corrected chi connectivity index (χ1v) is 11.9. The van der Waals surface area contributed by atoms with Crippen LogP contribution in [0.15, 0.2) is 59.5 Å². The van der Waals surface area contributed by atoms with Crippen LogP contribution in [0.3, 0.4) is 0 Å². The van der Waals surface area contributed by atoms with Crippen LogP contribution in [0.5, 0.6) is 0 Å². The fourth-order valence-electron chi connectivity index (χ4n) is 3.75. The Bertz CT molecular complexity index is 1010. The van der Waals surface area contributed by atoms with E-state index in [0.29, 0.717) is 0 Å². The lowest BCUT2D eigenvalue weighted by molar-refractivity contribution is -0.207. The first kappa shape index (κ1) is 23.3. The standard InChI is InChI=1S/C23H28O8S/c1-15-9-11-17(12-10-15)32(25,26)31-20-19(24)18(27-13-16-7-5-4-6-8-16)14-28-22-21(20)29-23(2,3)30-22/h4-12,18-22,24H,13-14H2,1-3H3/t18-,19-,20+,21-,22-/m1/s1. The lowest BCUT2D eigenvalue weighted by atomic mass is 10.0. The van der Waals surface area contributed by atoms with Crippen molar-refractivity contribution in [1.29, 1.82) is 0 Å². The summed E-state index contributed by atoms with van der Waals surface area (Å²) in [5, 5.41) is 11.1. The van der Waals surface area contributed by atoms with Gasteiger partial charge in [0, 0.05) is 0 Å². The highest BCUT2D eigenvalue weighted by atomic mass is 32.2. The van der Waals surface area contributed by atoms with Gasteiger partial charge in [0.1, 0.15) is 24.4 Å². The summed E-state index contributed by atoms with van der Waals surface area (Å²) in [4.78, 5) is -0.0167. The molecule has 4 rings (SSSR count). The number of hydrogen-bond donors (Lipinski definition) is 1. The number of aliphatic hydroxyl groups is 1. The number of aliphatic hydroxyl groups excluding tert-OH is 1. The molecule has 1 N–H and O–H groups in total. The largest absolute Gasteiger partial charge is 0.387 e. The number of hydrogen-bond acceptors (Lipinski definition) is 8. The molecule has 5 atom stereocenters. The van der Waals surface area contributed by atoms with Crippen LogP contribution in [0.2, 0.25) is 0 Å².